The molecular weight excluding hydrogens is 508 g/mol. The largest absolute Gasteiger partial charge is 0.467 e. The van der Waals surface area contributed by atoms with Crippen LogP contribution in [0.4, 0.5) is 0 Å². The van der Waals surface area contributed by atoms with Crippen LogP contribution in [-0.2, 0) is 14.8 Å². The second kappa shape index (κ2) is 9.37. The van der Waals surface area contributed by atoms with Crippen molar-refractivity contribution in [3.63, 3.8) is 0 Å². The molecule has 11 nitrogen and oxygen atoms in total. The molecule has 0 saturated carbocycles. The number of benzene rings is 2. The fourth-order valence-corrected chi connectivity index (χ4v) is 4.83. The molecule has 1 amide bonds. The van der Waals surface area contributed by atoms with E-state index in [-0.39, 0.29) is 4.90 Å². The maximum Gasteiger partial charge on any atom is 0.284 e. The third-order valence-electron chi connectivity index (χ3n) is 5.69. The van der Waals surface area contributed by atoms with Gasteiger partial charge in [0.2, 0.25) is 10.0 Å². The first-order valence-electron chi connectivity index (χ1n) is 10.8. The van der Waals surface area contributed by atoms with Crippen molar-refractivity contribution >= 4 is 44.3 Å². The van der Waals surface area contributed by atoms with Crippen LogP contribution in [0.25, 0.3) is 11.0 Å². The Hall–Kier alpha value is -3.74. The topological polar surface area (TPSA) is 123 Å². The van der Waals surface area contributed by atoms with Crippen LogP contribution < -0.4 is 4.84 Å². The average Bonchev–Trinajstić information content (AvgIpc) is 3.62. The lowest BCUT2D eigenvalue weighted by atomic mass is 10.0. The number of hydrazone groups is 1. The Morgan fingerprint density at radius 2 is 1.97 bits per heavy atom. The van der Waals surface area contributed by atoms with Crippen LogP contribution >= 0.6 is 11.6 Å². The number of rotatable bonds is 7. The Labute approximate surface area is 211 Å². The van der Waals surface area contributed by atoms with Crippen LogP contribution in [0.5, 0.6) is 0 Å². The van der Waals surface area contributed by atoms with E-state index >= 15 is 0 Å². The summed E-state index contributed by atoms with van der Waals surface area (Å²) in [6.07, 6.45) is 1.98. The molecule has 0 aliphatic carbocycles. The number of carbonyl (C=O) groups excluding carboxylic acids is 1. The molecule has 1 aliphatic rings. The van der Waals surface area contributed by atoms with Gasteiger partial charge < -0.3 is 9.25 Å². The summed E-state index contributed by atoms with van der Waals surface area (Å²) in [7, 11) is -0.800. The standard InChI is InChI=1S/C23H21ClN6O5S/c1-28(2)36(32,33)17-9-10-18-20(12-17)30(27-25-18)35-14-23(31)29-21(22-4-3-11-34-22)13-19(26-29)15-5-7-16(24)8-6-15/h3-12,21H,13-14H2,1-2H3/t21-/m0/s1. The molecule has 0 saturated heterocycles. The minimum Gasteiger partial charge on any atom is -0.467 e. The Kier molecular flexibility index (Phi) is 6.24. The normalized spacial score (nSPS) is 16.1. The maximum atomic E-state index is 13.2. The van der Waals surface area contributed by atoms with Crippen molar-refractivity contribution in [3.05, 3.63) is 77.2 Å². The summed E-state index contributed by atoms with van der Waals surface area (Å²) in [6.45, 7) is -0.419. The molecule has 3 heterocycles. The predicted molar refractivity (Wildman–Crippen MR) is 131 cm³/mol. The molecule has 0 bridgehead atoms. The van der Waals surface area contributed by atoms with E-state index in [1.165, 1.54) is 43.6 Å². The fraction of sp³-hybridized carbons (Fsp3) is 0.217. The van der Waals surface area contributed by atoms with E-state index < -0.39 is 28.6 Å². The molecule has 0 fully saturated rings. The second-order valence-corrected chi connectivity index (χ2v) is 10.8. The van der Waals surface area contributed by atoms with Crippen molar-refractivity contribution < 1.29 is 22.5 Å². The summed E-state index contributed by atoms with van der Waals surface area (Å²) >= 11 is 6.00. The van der Waals surface area contributed by atoms with Gasteiger partial charge in [0.15, 0.2) is 6.61 Å². The Balaban J connectivity index is 1.39. The van der Waals surface area contributed by atoms with E-state index in [0.29, 0.717) is 33.9 Å². The minimum atomic E-state index is -3.68. The molecule has 4 aromatic rings. The highest BCUT2D eigenvalue weighted by Gasteiger charge is 2.35. The number of furan rings is 1. The summed E-state index contributed by atoms with van der Waals surface area (Å²) in [6, 6.07) is 14.6. The lowest BCUT2D eigenvalue weighted by Crippen LogP contribution is -2.33. The molecule has 1 aliphatic heterocycles. The van der Waals surface area contributed by atoms with Crippen molar-refractivity contribution in [2.45, 2.75) is 17.4 Å². The molecule has 0 N–H and O–H groups in total. The van der Waals surface area contributed by atoms with E-state index in [9.17, 15) is 13.2 Å². The Morgan fingerprint density at radius 1 is 1.19 bits per heavy atom. The number of halogens is 1. The van der Waals surface area contributed by atoms with Crippen LogP contribution in [0.1, 0.15) is 23.8 Å². The highest BCUT2D eigenvalue weighted by molar-refractivity contribution is 7.89. The molecule has 36 heavy (non-hydrogen) atoms. The SMILES string of the molecule is CN(C)S(=O)(=O)c1ccc2nnn(OCC(=O)N3N=C(c4ccc(Cl)cc4)C[C@H]3c3ccco3)c2c1. The highest BCUT2D eigenvalue weighted by Crippen LogP contribution is 2.33. The van der Waals surface area contributed by atoms with Gasteiger partial charge in [-0.1, -0.05) is 28.6 Å². The number of amides is 1. The molecule has 0 spiro atoms. The lowest BCUT2D eigenvalue weighted by molar-refractivity contribution is -0.139. The quantitative estimate of drug-likeness (QED) is 0.361. The average molecular weight is 529 g/mol. The third kappa shape index (κ3) is 4.45. The number of aromatic nitrogens is 3. The zero-order valence-corrected chi connectivity index (χ0v) is 20.8. The van der Waals surface area contributed by atoms with Crippen LogP contribution in [0.2, 0.25) is 5.02 Å². The third-order valence-corrected chi connectivity index (χ3v) is 7.75. The van der Waals surface area contributed by atoms with Gasteiger partial charge in [0.05, 0.1) is 16.9 Å². The fourth-order valence-electron chi connectivity index (χ4n) is 3.79. The van der Waals surface area contributed by atoms with Gasteiger partial charge in [-0.3, -0.25) is 4.79 Å². The number of nitrogens with zero attached hydrogens (tertiary/aromatic N) is 6. The van der Waals surface area contributed by atoms with E-state index in [4.69, 9.17) is 20.9 Å². The van der Waals surface area contributed by atoms with E-state index in [1.807, 2.05) is 12.1 Å². The number of fused-ring (bicyclic) bond motifs is 1. The maximum absolute atomic E-state index is 13.2. The highest BCUT2D eigenvalue weighted by atomic mass is 35.5. The predicted octanol–water partition coefficient (Wildman–Crippen LogP) is 2.73. The van der Waals surface area contributed by atoms with Gasteiger partial charge in [-0.25, -0.2) is 17.7 Å². The van der Waals surface area contributed by atoms with E-state index in [0.717, 1.165) is 14.7 Å². The molecule has 2 aromatic carbocycles. The number of hydrogen-bond donors (Lipinski definition) is 0. The summed E-state index contributed by atoms with van der Waals surface area (Å²) in [5.74, 6) is 0.141. The van der Waals surface area contributed by atoms with Gasteiger partial charge in [0.1, 0.15) is 22.8 Å². The molecule has 0 unspecified atom stereocenters. The molecular formula is C23H21ClN6O5S. The van der Waals surface area contributed by atoms with Crippen molar-refractivity contribution in [2.75, 3.05) is 20.7 Å². The number of carbonyl (C=O) groups is 1. The molecule has 2 aromatic heterocycles. The van der Waals surface area contributed by atoms with Crippen molar-refractivity contribution in [1.29, 1.82) is 0 Å². The van der Waals surface area contributed by atoms with Gasteiger partial charge in [-0.2, -0.15) is 5.10 Å². The minimum absolute atomic E-state index is 0.0492. The zero-order chi connectivity index (χ0) is 25.4. The van der Waals surface area contributed by atoms with Gasteiger partial charge >= 0.3 is 0 Å². The summed E-state index contributed by atoms with van der Waals surface area (Å²) < 4.78 is 31.7. The zero-order valence-electron chi connectivity index (χ0n) is 19.3. The molecule has 186 valence electrons. The molecule has 0 radical (unpaired) electrons. The first kappa shape index (κ1) is 24.0. The monoisotopic (exact) mass is 528 g/mol. The van der Waals surface area contributed by atoms with Gasteiger partial charge in [-0.15, -0.1) is 5.10 Å². The molecule has 5 rings (SSSR count). The Morgan fingerprint density at radius 3 is 2.67 bits per heavy atom. The number of sulfonamides is 1. The van der Waals surface area contributed by atoms with E-state index in [2.05, 4.69) is 15.4 Å². The Bertz CT molecular complexity index is 1550. The molecule has 1 atom stereocenters. The van der Waals surface area contributed by atoms with Gasteiger partial charge in [0.25, 0.3) is 5.91 Å². The van der Waals surface area contributed by atoms with Crippen LogP contribution in [0.3, 0.4) is 0 Å². The first-order chi connectivity index (χ1) is 17.2. The number of hydrogen-bond acceptors (Lipinski definition) is 8. The van der Waals surface area contributed by atoms with Crippen LogP contribution in [0.15, 0.2) is 75.3 Å². The second-order valence-electron chi connectivity index (χ2n) is 8.20. The van der Waals surface area contributed by atoms with Gasteiger partial charge in [0, 0.05) is 25.5 Å². The van der Waals surface area contributed by atoms with E-state index in [1.54, 1.807) is 24.3 Å². The first-order valence-corrected chi connectivity index (χ1v) is 12.7. The summed E-state index contributed by atoms with van der Waals surface area (Å²) in [5.41, 5.74) is 2.26. The van der Waals surface area contributed by atoms with Crippen molar-refractivity contribution in [3.8, 4) is 0 Å². The van der Waals surface area contributed by atoms with Crippen molar-refractivity contribution in [2.24, 2.45) is 5.10 Å². The lowest BCUT2D eigenvalue weighted by Gasteiger charge is -2.19. The van der Waals surface area contributed by atoms with Gasteiger partial charge in [-0.05, 0) is 53.2 Å². The van der Waals surface area contributed by atoms with Crippen LogP contribution in [-0.4, -0.2) is 65.2 Å². The smallest absolute Gasteiger partial charge is 0.284 e. The summed E-state index contributed by atoms with van der Waals surface area (Å²) in [4.78, 5) is 19.9. The van der Waals surface area contributed by atoms with Crippen molar-refractivity contribution in [1.82, 2.24) is 24.5 Å². The van der Waals surface area contributed by atoms with Crippen LogP contribution in [0, 0.1) is 0 Å². The molecule has 13 heteroatoms. The summed E-state index contributed by atoms with van der Waals surface area (Å²) in [5, 5.41) is 14.3.